The maximum Gasteiger partial charge on any atom is 0.305 e. The van der Waals surface area contributed by atoms with E-state index in [1.807, 2.05) is 13.8 Å². The van der Waals surface area contributed by atoms with Crippen LogP contribution >= 0.6 is 11.6 Å². The molecule has 4 heteroatoms. The molecule has 0 aliphatic carbocycles. The Morgan fingerprint density at radius 3 is 2.38 bits per heavy atom. The van der Waals surface area contributed by atoms with E-state index in [0.717, 1.165) is 0 Å². The number of alkyl halides is 1. The smallest absolute Gasteiger partial charge is 0.305 e. The first-order valence-corrected chi connectivity index (χ1v) is 6.15. The van der Waals surface area contributed by atoms with Crippen LogP contribution in [0.2, 0.25) is 0 Å². The van der Waals surface area contributed by atoms with Gasteiger partial charge in [0.05, 0.1) is 6.61 Å². The Labute approximate surface area is 102 Å². The molecule has 16 heavy (non-hydrogen) atoms. The van der Waals surface area contributed by atoms with Gasteiger partial charge in [-0.25, -0.2) is 0 Å². The SMILES string of the molecule is CC(=O)OC1OCC(C(C)C)C1(Cl)C(C)C. The van der Waals surface area contributed by atoms with Crippen molar-refractivity contribution in [3.8, 4) is 0 Å². The van der Waals surface area contributed by atoms with Gasteiger partial charge in [-0.1, -0.05) is 27.7 Å². The van der Waals surface area contributed by atoms with Crippen LogP contribution in [0.15, 0.2) is 0 Å². The van der Waals surface area contributed by atoms with Gasteiger partial charge in [-0.3, -0.25) is 4.79 Å². The molecular weight excluding hydrogens is 228 g/mol. The number of halogens is 1. The van der Waals surface area contributed by atoms with Gasteiger partial charge in [0.15, 0.2) is 0 Å². The van der Waals surface area contributed by atoms with E-state index in [0.29, 0.717) is 12.5 Å². The molecule has 1 aliphatic heterocycles. The molecule has 0 N–H and O–H groups in total. The predicted octanol–water partition coefficient (Wildman–Crippen LogP) is 2.81. The summed E-state index contributed by atoms with van der Waals surface area (Å²) in [6.07, 6.45) is -0.626. The molecule has 1 fully saturated rings. The van der Waals surface area contributed by atoms with Crippen molar-refractivity contribution in [3.05, 3.63) is 0 Å². The van der Waals surface area contributed by atoms with Crippen LogP contribution < -0.4 is 0 Å². The van der Waals surface area contributed by atoms with Gasteiger partial charge in [0.2, 0.25) is 6.29 Å². The molecule has 0 aromatic heterocycles. The summed E-state index contributed by atoms with van der Waals surface area (Å²) in [5.74, 6) is 0.451. The molecule has 0 saturated carbocycles. The Kier molecular flexibility index (Phi) is 4.24. The van der Waals surface area contributed by atoms with Crippen molar-refractivity contribution in [2.75, 3.05) is 6.61 Å². The van der Waals surface area contributed by atoms with Crippen molar-refractivity contribution in [2.45, 2.75) is 45.8 Å². The first kappa shape index (κ1) is 13.8. The number of hydrogen-bond acceptors (Lipinski definition) is 3. The van der Waals surface area contributed by atoms with E-state index >= 15 is 0 Å². The average Bonchev–Trinajstić information content (AvgIpc) is 2.44. The third-order valence-electron chi connectivity index (χ3n) is 3.32. The molecule has 1 rings (SSSR count). The summed E-state index contributed by atoms with van der Waals surface area (Å²) in [7, 11) is 0. The van der Waals surface area contributed by atoms with Crippen molar-refractivity contribution < 1.29 is 14.3 Å². The number of ether oxygens (including phenoxy) is 2. The predicted molar refractivity (Wildman–Crippen MR) is 63.3 cm³/mol. The standard InChI is InChI=1S/C12H21ClO3/c1-7(2)10-6-15-11(16-9(5)14)12(10,13)8(3)4/h7-8,10-11H,6H2,1-5H3. The molecule has 0 spiro atoms. The molecule has 0 aromatic rings. The quantitative estimate of drug-likeness (QED) is 0.569. The number of esters is 1. The van der Waals surface area contributed by atoms with E-state index < -0.39 is 11.2 Å². The highest BCUT2D eigenvalue weighted by Gasteiger charge is 2.55. The second kappa shape index (κ2) is 4.92. The number of carbonyl (C=O) groups is 1. The molecule has 0 amide bonds. The lowest BCUT2D eigenvalue weighted by Crippen LogP contribution is -2.46. The van der Waals surface area contributed by atoms with E-state index in [4.69, 9.17) is 21.1 Å². The van der Waals surface area contributed by atoms with Crippen molar-refractivity contribution in [1.29, 1.82) is 0 Å². The number of hydrogen-bond donors (Lipinski definition) is 0. The summed E-state index contributed by atoms with van der Waals surface area (Å²) in [5.41, 5.74) is 0. The molecule has 0 aromatic carbocycles. The van der Waals surface area contributed by atoms with Crippen LogP contribution in [0.5, 0.6) is 0 Å². The average molecular weight is 249 g/mol. The normalized spacial score (nSPS) is 34.8. The highest BCUT2D eigenvalue weighted by atomic mass is 35.5. The molecule has 3 unspecified atom stereocenters. The summed E-state index contributed by atoms with van der Waals surface area (Å²) in [5, 5.41) is 0. The van der Waals surface area contributed by atoms with Gasteiger partial charge in [0, 0.05) is 12.8 Å². The second-order valence-electron chi connectivity index (χ2n) is 5.11. The van der Waals surface area contributed by atoms with Crippen molar-refractivity contribution >= 4 is 17.6 Å². The summed E-state index contributed by atoms with van der Waals surface area (Å²) >= 11 is 6.67. The highest BCUT2D eigenvalue weighted by Crippen LogP contribution is 2.47. The zero-order valence-corrected chi connectivity index (χ0v) is 11.4. The van der Waals surface area contributed by atoms with E-state index in [2.05, 4.69) is 13.8 Å². The lowest BCUT2D eigenvalue weighted by Gasteiger charge is -2.36. The minimum atomic E-state index is -0.626. The Balaban J connectivity index is 2.92. The van der Waals surface area contributed by atoms with E-state index in [1.165, 1.54) is 6.92 Å². The van der Waals surface area contributed by atoms with E-state index in [-0.39, 0.29) is 17.8 Å². The molecule has 1 heterocycles. The monoisotopic (exact) mass is 248 g/mol. The van der Waals surface area contributed by atoms with Crippen LogP contribution in [-0.4, -0.2) is 23.7 Å². The fourth-order valence-corrected chi connectivity index (χ4v) is 2.72. The lowest BCUT2D eigenvalue weighted by molar-refractivity contribution is -0.172. The van der Waals surface area contributed by atoms with E-state index in [9.17, 15) is 4.79 Å². The Morgan fingerprint density at radius 1 is 1.44 bits per heavy atom. The first-order chi connectivity index (χ1) is 7.30. The molecule has 94 valence electrons. The number of rotatable bonds is 3. The summed E-state index contributed by atoms with van der Waals surface area (Å²) < 4.78 is 10.7. The molecule has 0 radical (unpaired) electrons. The van der Waals surface area contributed by atoms with Gasteiger partial charge < -0.3 is 9.47 Å². The zero-order valence-electron chi connectivity index (χ0n) is 10.6. The van der Waals surface area contributed by atoms with Gasteiger partial charge in [-0.15, -0.1) is 11.6 Å². The third-order valence-corrected chi connectivity index (χ3v) is 4.21. The zero-order chi connectivity index (χ0) is 12.5. The topological polar surface area (TPSA) is 35.5 Å². The van der Waals surface area contributed by atoms with Crippen molar-refractivity contribution in [2.24, 2.45) is 17.8 Å². The lowest BCUT2D eigenvalue weighted by atomic mass is 9.78. The van der Waals surface area contributed by atoms with Crippen LogP contribution in [0.1, 0.15) is 34.6 Å². The molecule has 3 atom stereocenters. The third kappa shape index (κ3) is 2.35. The fraction of sp³-hybridized carbons (Fsp3) is 0.917. The molecular formula is C12H21ClO3. The molecule has 3 nitrogen and oxygen atoms in total. The van der Waals surface area contributed by atoms with Crippen molar-refractivity contribution in [3.63, 3.8) is 0 Å². The van der Waals surface area contributed by atoms with Crippen LogP contribution in [0.25, 0.3) is 0 Å². The Hall–Kier alpha value is -0.280. The second-order valence-corrected chi connectivity index (χ2v) is 5.76. The van der Waals surface area contributed by atoms with Crippen LogP contribution in [0.3, 0.4) is 0 Å². The van der Waals surface area contributed by atoms with Gasteiger partial charge in [-0.05, 0) is 11.8 Å². The minimum Gasteiger partial charge on any atom is -0.434 e. The number of carbonyl (C=O) groups excluding carboxylic acids is 1. The fourth-order valence-electron chi connectivity index (χ4n) is 2.30. The van der Waals surface area contributed by atoms with Gasteiger partial charge in [-0.2, -0.15) is 0 Å². The highest BCUT2D eigenvalue weighted by molar-refractivity contribution is 6.25. The Morgan fingerprint density at radius 2 is 2.00 bits per heavy atom. The van der Waals surface area contributed by atoms with Crippen LogP contribution in [0.4, 0.5) is 0 Å². The van der Waals surface area contributed by atoms with Crippen LogP contribution in [-0.2, 0) is 14.3 Å². The van der Waals surface area contributed by atoms with Gasteiger partial charge in [0.1, 0.15) is 4.87 Å². The van der Waals surface area contributed by atoms with Gasteiger partial charge >= 0.3 is 5.97 Å². The first-order valence-electron chi connectivity index (χ1n) is 5.77. The van der Waals surface area contributed by atoms with E-state index in [1.54, 1.807) is 0 Å². The van der Waals surface area contributed by atoms with Crippen molar-refractivity contribution in [1.82, 2.24) is 0 Å². The molecule has 1 aliphatic rings. The minimum absolute atomic E-state index is 0.188. The molecule has 0 bridgehead atoms. The summed E-state index contributed by atoms with van der Waals surface area (Å²) in [6.45, 7) is 10.2. The largest absolute Gasteiger partial charge is 0.434 e. The van der Waals surface area contributed by atoms with Crippen LogP contribution in [0, 0.1) is 17.8 Å². The summed E-state index contributed by atoms with van der Waals surface area (Å²) in [6, 6.07) is 0. The Bertz CT molecular complexity index is 265. The molecule has 1 saturated heterocycles. The maximum atomic E-state index is 11.0. The van der Waals surface area contributed by atoms with Gasteiger partial charge in [0.25, 0.3) is 0 Å². The summed E-state index contributed by atoms with van der Waals surface area (Å²) in [4.78, 5) is 10.4. The maximum absolute atomic E-state index is 11.0.